The van der Waals surface area contributed by atoms with Crippen LogP contribution in [0.25, 0.3) is 0 Å². The van der Waals surface area contributed by atoms with Crippen LogP contribution in [0.4, 0.5) is 11.4 Å². The summed E-state index contributed by atoms with van der Waals surface area (Å²) in [6.45, 7) is 5.12. The van der Waals surface area contributed by atoms with Crippen molar-refractivity contribution in [3.05, 3.63) is 33.9 Å². The van der Waals surface area contributed by atoms with Crippen molar-refractivity contribution in [3.8, 4) is 0 Å². The second-order valence-electron chi connectivity index (χ2n) is 4.40. The maximum Gasteiger partial charge on any atom is 0.272 e. The zero-order valence-corrected chi connectivity index (χ0v) is 10.6. The Morgan fingerprint density at radius 2 is 2.06 bits per heavy atom. The summed E-state index contributed by atoms with van der Waals surface area (Å²) < 4.78 is 0. The monoisotopic (exact) mass is 251 g/mol. The summed E-state index contributed by atoms with van der Waals surface area (Å²) in [6.07, 6.45) is 0. The number of hydrogen-bond acceptors (Lipinski definition) is 4. The summed E-state index contributed by atoms with van der Waals surface area (Å²) in [5.74, 6) is -0.515. The zero-order valence-electron chi connectivity index (χ0n) is 10.6. The molecule has 0 aliphatic carbocycles. The third-order valence-corrected chi connectivity index (χ3v) is 2.86. The van der Waals surface area contributed by atoms with Gasteiger partial charge in [-0.2, -0.15) is 0 Å². The lowest BCUT2D eigenvalue weighted by Crippen LogP contribution is -2.34. The number of aryl methyl sites for hydroxylation is 1. The predicted octanol–water partition coefficient (Wildman–Crippen LogP) is 1.83. The number of nitro groups is 1. The second kappa shape index (κ2) is 5.59. The number of nitrogens with zero attached hydrogens (tertiary/aromatic N) is 1. The van der Waals surface area contributed by atoms with Gasteiger partial charge in [-0.25, -0.2) is 0 Å². The van der Waals surface area contributed by atoms with E-state index >= 15 is 0 Å². The van der Waals surface area contributed by atoms with Gasteiger partial charge < -0.3 is 11.1 Å². The molecule has 1 amide bonds. The topological polar surface area (TPSA) is 98.3 Å². The van der Waals surface area contributed by atoms with Gasteiger partial charge in [0.05, 0.1) is 10.8 Å². The lowest BCUT2D eigenvalue weighted by Gasteiger charge is -2.15. The average molecular weight is 251 g/mol. The molecule has 0 aliphatic rings. The minimum atomic E-state index is -0.453. The Balaban J connectivity index is 2.84. The normalized spacial score (nSPS) is 13.8. The van der Waals surface area contributed by atoms with Crippen molar-refractivity contribution in [1.82, 2.24) is 0 Å². The Labute approximate surface area is 105 Å². The van der Waals surface area contributed by atoms with Gasteiger partial charge in [-0.15, -0.1) is 0 Å². The van der Waals surface area contributed by atoms with Crippen LogP contribution in [0.1, 0.15) is 19.4 Å². The van der Waals surface area contributed by atoms with E-state index in [1.807, 2.05) is 0 Å². The molecule has 0 heterocycles. The van der Waals surface area contributed by atoms with Crippen molar-refractivity contribution in [2.75, 3.05) is 5.32 Å². The number of nitro benzene ring substituents is 1. The number of hydrogen-bond donors (Lipinski definition) is 2. The maximum absolute atomic E-state index is 11.8. The van der Waals surface area contributed by atoms with E-state index in [-0.39, 0.29) is 23.6 Å². The summed E-state index contributed by atoms with van der Waals surface area (Å²) in [5, 5.41) is 13.3. The molecular formula is C12H17N3O3. The molecule has 0 saturated heterocycles. The number of carbonyl (C=O) groups excluding carboxylic acids is 1. The third kappa shape index (κ3) is 3.27. The van der Waals surface area contributed by atoms with E-state index in [1.165, 1.54) is 12.1 Å². The van der Waals surface area contributed by atoms with Gasteiger partial charge in [0.1, 0.15) is 0 Å². The lowest BCUT2D eigenvalue weighted by molar-refractivity contribution is -0.385. The van der Waals surface area contributed by atoms with Gasteiger partial charge in [0.2, 0.25) is 5.91 Å². The first kappa shape index (κ1) is 14.1. The summed E-state index contributed by atoms with van der Waals surface area (Å²) in [5.41, 5.74) is 6.71. The van der Waals surface area contributed by atoms with Crippen LogP contribution in [-0.2, 0) is 4.79 Å². The van der Waals surface area contributed by atoms with Gasteiger partial charge in [-0.05, 0) is 26.0 Å². The number of anilines is 1. The average Bonchev–Trinajstić information content (AvgIpc) is 2.27. The van der Waals surface area contributed by atoms with Gasteiger partial charge >= 0.3 is 0 Å². The first-order chi connectivity index (χ1) is 8.32. The van der Waals surface area contributed by atoms with E-state index < -0.39 is 4.92 Å². The molecule has 0 aromatic heterocycles. The molecule has 6 nitrogen and oxygen atoms in total. The highest BCUT2D eigenvalue weighted by Crippen LogP contribution is 2.22. The lowest BCUT2D eigenvalue weighted by atomic mass is 10.0. The van der Waals surface area contributed by atoms with Crippen LogP contribution >= 0.6 is 0 Å². The van der Waals surface area contributed by atoms with Crippen molar-refractivity contribution in [2.45, 2.75) is 26.8 Å². The zero-order chi connectivity index (χ0) is 13.9. The summed E-state index contributed by atoms with van der Waals surface area (Å²) in [7, 11) is 0. The maximum atomic E-state index is 11.8. The molecule has 1 aromatic rings. The Kier molecular flexibility index (Phi) is 4.38. The molecule has 0 radical (unpaired) electrons. The highest BCUT2D eigenvalue weighted by atomic mass is 16.6. The predicted molar refractivity (Wildman–Crippen MR) is 69.3 cm³/mol. The molecule has 6 heteroatoms. The van der Waals surface area contributed by atoms with E-state index in [0.717, 1.165) is 0 Å². The number of benzene rings is 1. The van der Waals surface area contributed by atoms with Crippen LogP contribution in [0.15, 0.2) is 18.2 Å². The molecular weight excluding hydrogens is 234 g/mol. The van der Waals surface area contributed by atoms with E-state index in [9.17, 15) is 14.9 Å². The Bertz CT molecular complexity index is 472. The van der Waals surface area contributed by atoms with Crippen molar-refractivity contribution in [2.24, 2.45) is 11.7 Å². The van der Waals surface area contributed by atoms with Crippen LogP contribution < -0.4 is 11.1 Å². The molecule has 0 saturated carbocycles. The highest BCUT2D eigenvalue weighted by Gasteiger charge is 2.18. The number of nitrogens with two attached hydrogens (primary N) is 1. The molecule has 2 atom stereocenters. The van der Waals surface area contributed by atoms with E-state index in [4.69, 9.17) is 5.73 Å². The molecule has 18 heavy (non-hydrogen) atoms. The van der Waals surface area contributed by atoms with Crippen molar-refractivity contribution in [1.29, 1.82) is 0 Å². The molecule has 0 fully saturated rings. The fourth-order valence-corrected chi connectivity index (χ4v) is 1.43. The first-order valence-corrected chi connectivity index (χ1v) is 5.64. The smallest absolute Gasteiger partial charge is 0.272 e. The number of rotatable bonds is 4. The van der Waals surface area contributed by atoms with Crippen molar-refractivity contribution < 1.29 is 9.72 Å². The molecule has 1 rings (SSSR count). The summed E-state index contributed by atoms with van der Waals surface area (Å²) >= 11 is 0. The Hall–Kier alpha value is -1.95. The number of amides is 1. The fourth-order valence-electron chi connectivity index (χ4n) is 1.43. The van der Waals surface area contributed by atoms with Crippen LogP contribution in [-0.4, -0.2) is 16.9 Å². The molecule has 3 N–H and O–H groups in total. The van der Waals surface area contributed by atoms with Gasteiger partial charge in [-0.1, -0.05) is 6.92 Å². The minimum absolute atomic E-state index is 0.0354. The van der Waals surface area contributed by atoms with E-state index in [1.54, 1.807) is 26.8 Å². The van der Waals surface area contributed by atoms with Gasteiger partial charge in [0.25, 0.3) is 5.69 Å². The highest BCUT2D eigenvalue weighted by molar-refractivity contribution is 5.93. The van der Waals surface area contributed by atoms with Gasteiger partial charge in [0.15, 0.2) is 0 Å². The standard InChI is InChI=1S/C12H17N3O3/c1-7-6-10(4-5-11(7)15(17)18)14-12(16)8(2)9(3)13/h4-6,8-9H,13H2,1-3H3,(H,14,16). The van der Waals surface area contributed by atoms with Crippen LogP contribution in [0.3, 0.4) is 0 Å². The summed E-state index contributed by atoms with van der Waals surface area (Å²) in [6, 6.07) is 4.21. The van der Waals surface area contributed by atoms with E-state index in [2.05, 4.69) is 5.32 Å². The number of carbonyl (C=O) groups is 1. The van der Waals surface area contributed by atoms with Gasteiger partial charge in [0, 0.05) is 23.4 Å². The van der Waals surface area contributed by atoms with Crippen LogP contribution in [0.5, 0.6) is 0 Å². The van der Waals surface area contributed by atoms with E-state index in [0.29, 0.717) is 11.3 Å². The molecule has 0 aliphatic heterocycles. The number of nitrogens with one attached hydrogen (secondary N) is 1. The van der Waals surface area contributed by atoms with Crippen molar-refractivity contribution >= 4 is 17.3 Å². The molecule has 1 aromatic carbocycles. The molecule has 0 bridgehead atoms. The Morgan fingerprint density at radius 1 is 1.44 bits per heavy atom. The van der Waals surface area contributed by atoms with Crippen LogP contribution in [0, 0.1) is 23.0 Å². The fraction of sp³-hybridized carbons (Fsp3) is 0.417. The molecule has 0 spiro atoms. The van der Waals surface area contributed by atoms with Crippen molar-refractivity contribution in [3.63, 3.8) is 0 Å². The Morgan fingerprint density at radius 3 is 2.50 bits per heavy atom. The molecule has 98 valence electrons. The second-order valence-corrected chi connectivity index (χ2v) is 4.40. The quantitative estimate of drug-likeness (QED) is 0.630. The SMILES string of the molecule is Cc1cc(NC(=O)C(C)C(C)N)ccc1[N+](=O)[O-]. The first-order valence-electron chi connectivity index (χ1n) is 5.64. The van der Waals surface area contributed by atoms with Gasteiger partial charge in [-0.3, -0.25) is 14.9 Å². The molecule has 2 unspecified atom stereocenters. The summed E-state index contributed by atoms with van der Waals surface area (Å²) in [4.78, 5) is 22.0. The largest absolute Gasteiger partial charge is 0.327 e. The third-order valence-electron chi connectivity index (χ3n) is 2.86. The minimum Gasteiger partial charge on any atom is -0.327 e. The van der Waals surface area contributed by atoms with Crippen LogP contribution in [0.2, 0.25) is 0 Å².